The highest BCUT2D eigenvalue weighted by atomic mass is 16.5. The number of methoxy groups -OCH3 is 1. The molecule has 1 aromatic rings. The molecular weight excluding hydrogens is 751 g/mol. The lowest BCUT2D eigenvalue weighted by molar-refractivity contribution is 0.199. The third kappa shape index (κ3) is 46.9. The lowest BCUT2D eigenvalue weighted by Gasteiger charge is -2.29. The van der Waals surface area contributed by atoms with Crippen LogP contribution in [0.5, 0.6) is 0 Å². The summed E-state index contributed by atoms with van der Waals surface area (Å²) < 4.78 is 4.69. The van der Waals surface area contributed by atoms with E-state index in [0.29, 0.717) is 5.92 Å². The maximum absolute atomic E-state index is 4.69. The molecule has 7 atom stereocenters. The number of benzene rings is 1. The molecular formula is C60H121NO. The normalized spacial score (nSPS) is 27.9. The van der Waals surface area contributed by atoms with Crippen LogP contribution in [-0.2, 0) is 4.74 Å². The van der Waals surface area contributed by atoms with Crippen molar-refractivity contribution in [2.45, 2.75) is 253 Å². The van der Waals surface area contributed by atoms with Crippen LogP contribution in [0.15, 0.2) is 42.5 Å². The predicted octanol–water partition coefficient (Wildman–Crippen LogP) is 20.1. The van der Waals surface area contributed by atoms with Gasteiger partial charge in [0, 0.05) is 13.7 Å². The summed E-state index contributed by atoms with van der Waals surface area (Å²) in [5.74, 6) is 11.0. The van der Waals surface area contributed by atoms with E-state index >= 15 is 0 Å². The summed E-state index contributed by atoms with van der Waals surface area (Å²) in [5, 5.41) is 3.02. The van der Waals surface area contributed by atoms with E-state index in [4.69, 9.17) is 4.74 Å². The van der Waals surface area contributed by atoms with Crippen LogP contribution in [-0.4, -0.2) is 27.3 Å². The van der Waals surface area contributed by atoms with Crippen LogP contribution in [0, 0.1) is 59.2 Å². The van der Waals surface area contributed by atoms with Crippen molar-refractivity contribution >= 4 is 0 Å². The standard InChI is InChI=1S/C10H14.C8H16.2C7H14.2C6H12.C4H11N.C4H10O.C4H10.C4H8/c1-3-9(2)10-7-5-4-6-8-10;1-7-3-5-8(2)6-4-7;1-6-3-4-7(2)5-6;1-6-4-3-5-7(6)2;1-5-3-6(2)4-5;1-5-3-4-6(5)2;2*1-3-4-5-2;2*1-3-4-2/h4-9H,3H2,1-2H3;7-8H,3-6H2,1-2H3;2*6-7H,3-5H2,1-2H3;2*5-6H,3-4H2,1-2H3;5H,3-4H2,1-2H3;3-4H2,1-2H3;3-4H2,1-2H3;3-4H,1-2H3/b;;;;;;;;;4-3+. The third-order valence-electron chi connectivity index (χ3n) is 13.9. The Bertz CT molecular complexity index is 920. The maximum atomic E-state index is 4.69. The minimum atomic E-state index is 0.709. The summed E-state index contributed by atoms with van der Waals surface area (Å²) in [6.45, 7) is 42.6. The Morgan fingerprint density at radius 1 is 0.516 bits per heavy atom. The molecule has 0 aromatic heterocycles. The van der Waals surface area contributed by atoms with Gasteiger partial charge in [-0.2, -0.15) is 0 Å². The van der Waals surface area contributed by atoms with Gasteiger partial charge in [-0.1, -0.05) is 237 Å². The van der Waals surface area contributed by atoms with Crippen LogP contribution in [0.3, 0.4) is 0 Å². The number of hydrogen-bond acceptors (Lipinski definition) is 2. The Hall–Kier alpha value is -1.12. The van der Waals surface area contributed by atoms with Gasteiger partial charge in [-0.3, -0.25) is 0 Å². The Morgan fingerprint density at radius 2 is 0.887 bits per heavy atom. The molecule has 0 radical (unpaired) electrons. The monoisotopic (exact) mass is 872 g/mol. The van der Waals surface area contributed by atoms with Gasteiger partial charge in [0.05, 0.1) is 0 Å². The summed E-state index contributed by atoms with van der Waals surface area (Å²) >= 11 is 0. The first kappa shape index (κ1) is 67.5. The lowest BCUT2D eigenvalue weighted by Crippen LogP contribution is -2.18. The molecule has 1 aromatic carbocycles. The highest BCUT2D eigenvalue weighted by molar-refractivity contribution is 5.18. The van der Waals surface area contributed by atoms with Gasteiger partial charge >= 0.3 is 0 Å². The zero-order valence-corrected chi connectivity index (χ0v) is 46.6. The molecule has 0 aliphatic heterocycles. The van der Waals surface area contributed by atoms with Crippen LogP contribution in [0.25, 0.3) is 0 Å². The molecule has 1 N–H and O–H groups in total. The first-order chi connectivity index (χ1) is 29.5. The van der Waals surface area contributed by atoms with Crippen LogP contribution in [0.4, 0.5) is 0 Å². The quantitative estimate of drug-likeness (QED) is 0.276. The van der Waals surface area contributed by atoms with Crippen molar-refractivity contribution in [2.75, 3.05) is 27.3 Å². The van der Waals surface area contributed by atoms with Crippen molar-refractivity contribution in [3.8, 4) is 0 Å². The molecule has 5 aliphatic rings. The zero-order valence-electron chi connectivity index (χ0n) is 46.6. The molecule has 0 saturated heterocycles. The fraction of sp³-hybridized carbons (Fsp3) is 0.867. The van der Waals surface area contributed by atoms with E-state index in [1.165, 1.54) is 121 Å². The van der Waals surface area contributed by atoms with Crippen LogP contribution in [0.2, 0.25) is 0 Å². The minimum Gasteiger partial charge on any atom is -0.385 e. The molecule has 2 nitrogen and oxygen atoms in total. The van der Waals surface area contributed by atoms with E-state index in [1.54, 1.807) is 7.11 Å². The number of hydrogen-bond donors (Lipinski definition) is 1. The largest absolute Gasteiger partial charge is 0.385 e. The molecule has 5 aliphatic carbocycles. The second-order valence-electron chi connectivity index (χ2n) is 21.0. The molecule has 0 bridgehead atoms. The van der Waals surface area contributed by atoms with Crippen LogP contribution in [0.1, 0.15) is 258 Å². The van der Waals surface area contributed by atoms with Crippen molar-refractivity contribution in [1.29, 1.82) is 0 Å². The number of rotatable bonds is 7. The van der Waals surface area contributed by atoms with E-state index in [2.05, 4.69) is 146 Å². The van der Waals surface area contributed by atoms with E-state index in [0.717, 1.165) is 78.8 Å². The molecule has 0 heterocycles. The zero-order chi connectivity index (χ0) is 48.1. The highest BCUT2D eigenvalue weighted by Crippen LogP contribution is 2.33. The summed E-state index contributed by atoms with van der Waals surface area (Å²) in [6.07, 6.45) is 30.8. The van der Waals surface area contributed by atoms with Gasteiger partial charge in [0.1, 0.15) is 0 Å². The van der Waals surface area contributed by atoms with Crippen molar-refractivity contribution < 1.29 is 4.74 Å². The molecule has 2 heteroatoms. The van der Waals surface area contributed by atoms with E-state index in [9.17, 15) is 0 Å². The molecule has 7 unspecified atom stereocenters. The maximum Gasteiger partial charge on any atom is 0.0459 e. The minimum absolute atomic E-state index is 0.709. The highest BCUT2D eigenvalue weighted by Gasteiger charge is 2.21. The van der Waals surface area contributed by atoms with Gasteiger partial charge in [-0.25, -0.2) is 0 Å². The third-order valence-corrected chi connectivity index (χ3v) is 13.9. The number of allylic oxidation sites excluding steroid dienone is 2. The Balaban J connectivity index is -0.000000305. The van der Waals surface area contributed by atoms with E-state index in [-0.39, 0.29) is 0 Å². The summed E-state index contributed by atoms with van der Waals surface area (Å²) in [7, 11) is 3.67. The van der Waals surface area contributed by atoms with Crippen LogP contribution >= 0.6 is 0 Å². The van der Waals surface area contributed by atoms with Crippen molar-refractivity contribution in [1.82, 2.24) is 5.32 Å². The van der Waals surface area contributed by atoms with Gasteiger partial charge in [-0.15, -0.1) is 0 Å². The number of nitrogens with one attached hydrogen (secondary N) is 1. The van der Waals surface area contributed by atoms with Crippen molar-refractivity contribution in [2.24, 2.45) is 59.2 Å². The molecule has 5 saturated carbocycles. The lowest BCUT2D eigenvalue weighted by atomic mass is 9.77. The van der Waals surface area contributed by atoms with Gasteiger partial charge in [0.25, 0.3) is 0 Å². The Labute approximate surface area is 395 Å². The van der Waals surface area contributed by atoms with Crippen molar-refractivity contribution in [3.63, 3.8) is 0 Å². The fourth-order valence-corrected chi connectivity index (χ4v) is 7.86. The molecule has 372 valence electrons. The molecule has 0 spiro atoms. The molecule has 5 fully saturated rings. The summed E-state index contributed by atoms with van der Waals surface area (Å²) in [4.78, 5) is 0. The van der Waals surface area contributed by atoms with Gasteiger partial charge in [0.2, 0.25) is 0 Å². The van der Waals surface area contributed by atoms with Crippen LogP contribution < -0.4 is 5.32 Å². The number of unbranched alkanes of at least 4 members (excludes halogenated alkanes) is 1. The molecule has 62 heavy (non-hydrogen) atoms. The van der Waals surface area contributed by atoms with Gasteiger partial charge in [-0.05, 0) is 137 Å². The SMILES string of the molecule is C/C=C/C.CC1CC(C)C1.CC1CCC(C)C1.CC1CCC(C)CC1.CC1CCC1C.CC1CCCC1C.CCC(C)c1ccccc1.CCCC.CCCNC.CCCOC. The summed E-state index contributed by atoms with van der Waals surface area (Å²) in [6, 6.07) is 10.6. The molecule has 0 amide bonds. The topological polar surface area (TPSA) is 21.3 Å². The first-order valence-corrected chi connectivity index (χ1v) is 27.2. The van der Waals surface area contributed by atoms with E-state index < -0.39 is 0 Å². The second-order valence-corrected chi connectivity index (χ2v) is 21.0. The predicted molar refractivity (Wildman–Crippen MR) is 289 cm³/mol. The van der Waals surface area contributed by atoms with Gasteiger partial charge < -0.3 is 10.1 Å². The number of ether oxygens (including phenoxy) is 1. The average molecular weight is 873 g/mol. The Morgan fingerprint density at radius 3 is 1.03 bits per heavy atom. The molecule has 6 rings (SSSR count). The fourth-order valence-electron chi connectivity index (χ4n) is 7.86. The smallest absolute Gasteiger partial charge is 0.0459 e. The van der Waals surface area contributed by atoms with Crippen molar-refractivity contribution in [3.05, 3.63) is 48.0 Å². The van der Waals surface area contributed by atoms with E-state index in [1.807, 2.05) is 33.0 Å². The first-order valence-electron chi connectivity index (χ1n) is 27.2. The average Bonchev–Trinajstić information content (AvgIpc) is 3.86. The second kappa shape index (κ2) is 49.3. The summed E-state index contributed by atoms with van der Waals surface area (Å²) in [5.41, 5.74) is 1.45. The Kier molecular flexibility index (Phi) is 53.7. The van der Waals surface area contributed by atoms with Gasteiger partial charge in [0.15, 0.2) is 0 Å².